The topological polar surface area (TPSA) is 165 Å². The van der Waals surface area contributed by atoms with E-state index in [-0.39, 0.29) is 47.6 Å². The first-order chi connectivity index (χ1) is 20.0. The summed E-state index contributed by atoms with van der Waals surface area (Å²) in [5.74, 6) is 1.46. The molecule has 1 saturated heterocycles. The molecule has 0 bridgehead atoms. The molecule has 2 aliphatic rings. The predicted octanol–water partition coefficient (Wildman–Crippen LogP) is 3.63. The Morgan fingerprint density at radius 3 is 2.48 bits per heavy atom. The average Bonchev–Trinajstić information content (AvgIpc) is 2.98. The summed E-state index contributed by atoms with van der Waals surface area (Å²) in [5, 5.41) is 32.4. The van der Waals surface area contributed by atoms with Crippen LogP contribution in [0.1, 0.15) is 69.7 Å². The van der Waals surface area contributed by atoms with Crippen LogP contribution in [0.2, 0.25) is 0 Å². The van der Waals surface area contributed by atoms with Crippen LogP contribution in [-0.2, 0) is 0 Å². The number of amides is 2. The molecule has 1 fully saturated rings. The van der Waals surface area contributed by atoms with Crippen molar-refractivity contribution in [1.29, 1.82) is 10.8 Å². The highest BCUT2D eigenvalue weighted by molar-refractivity contribution is 6.04. The van der Waals surface area contributed by atoms with Gasteiger partial charge in [0, 0.05) is 37.9 Å². The van der Waals surface area contributed by atoms with Crippen LogP contribution in [0.5, 0.6) is 5.75 Å². The highest BCUT2D eigenvalue weighted by Crippen LogP contribution is 2.38. The van der Waals surface area contributed by atoms with Crippen molar-refractivity contribution in [2.45, 2.75) is 58.6 Å². The second-order valence-corrected chi connectivity index (χ2v) is 12.0. The minimum absolute atomic E-state index is 0.170. The van der Waals surface area contributed by atoms with E-state index in [9.17, 15) is 9.90 Å². The van der Waals surface area contributed by atoms with Crippen LogP contribution in [0.25, 0.3) is 0 Å². The normalized spacial score (nSPS) is 20.1. The maximum absolute atomic E-state index is 12.9. The zero-order valence-corrected chi connectivity index (χ0v) is 25.0. The van der Waals surface area contributed by atoms with E-state index in [0.717, 1.165) is 24.0 Å². The summed E-state index contributed by atoms with van der Waals surface area (Å²) in [6, 6.07) is 10.7. The van der Waals surface area contributed by atoms with Crippen LogP contribution in [-0.4, -0.2) is 59.1 Å². The fraction of sp³-hybridized carbons (Fsp3) is 0.484. The minimum atomic E-state index is -0.360. The van der Waals surface area contributed by atoms with Gasteiger partial charge in [-0.15, -0.1) is 0 Å². The third-order valence-electron chi connectivity index (χ3n) is 7.98. The molecule has 0 saturated carbocycles. The number of amidine groups is 1. The van der Waals surface area contributed by atoms with Gasteiger partial charge in [-0.25, -0.2) is 4.79 Å². The van der Waals surface area contributed by atoms with Gasteiger partial charge in [0.15, 0.2) is 0 Å². The molecule has 2 atom stereocenters. The zero-order valence-electron chi connectivity index (χ0n) is 25.0. The molecular weight excluding hydrogens is 532 g/mol. The van der Waals surface area contributed by atoms with Gasteiger partial charge in [0.2, 0.25) is 5.96 Å². The molecule has 0 radical (unpaired) electrons. The van der Waals surface area contributed by atoms with Crippen LogP contribution in [0, 0.1) is 22.2 Å². The zero-order chi connectivity index (χ0) is 30.4. The molecule has 2 amide bonds. The van der Waals surface area contributed by atoms with Gasteiger partial charge in [-0.2, -0.15) is 0 Å². The number of ether oxygens (including phenoxy) is 1. The van der Waals surface area contributed by atoms with Crippen molar-refractivity contribution in [1.82, 2.24) is 20.1 Å². The van der Waals surface area contributed by atoms with Crippen molar-refractivity contribution in [3.63, 3.8) is 0 Å². The number of aliphatic hydroxyl groups is 1. The number of nitrogens with two attached hydrogens (primary N) is 1. The highest BCUT2D eigenvalue weighted by Gasteiger charge is 2.30. The molecule has 11 nitrogen and oxygen atoms in total. The molecule has 1 aromatic heterocycles. The molecule has 1 aromatic carbocycles. The van der Waals surface area contributed by atoms with Gasteiger partial charge in [-0.05, 0) is 60.9 Å². The van der Waals surface area contributed by atoms with Crippen LogP contribution >= 0.6 is 0 Å². The summed E-state index contributed by atoms with van der Waals surface area (Å²) in [6.07, 6.45) is 6.12. The molecule has 0 spiro atoms. The molecule has 2 heterocycles. The Hall–Kier alpha value is -4.12. The number of aliphatic imine (C=N–C) groups is 1. The number of pyridine rings is 1. The van der Waals surface area contributed by atoms with Crippen LogP contribution in [0.3, 0.4) is 0 Å². The van der Waals surface area contributed by atoms with E-state index in [4.69, 9.17) is 21.3 Å². The number of aromatic nitrogens is 1. The molecular formula is C31H44N8O3. The molecule has 2 aromatic rings. The summed E-state index contributed by atoms with van der Waals surface area (Å²) < 4.78 is 7.97. The standard InChI is InChI=1S/C31H44N8O3/c1-31(2,3)26(32)17-28(35-4)37-30(41)36-24-10-11-25(23-8-6-5-7-22(23)24)42-21-9-12-27(33)39(18-21)29(34)38-15-13-20(19-40)14-16-38/h5-9,12,17-18,20,24-25,33-34,40H,10-11,13-16,19,32H2,1-4H3,(H2,35,36,37,41). The molecule has 11 heteroatoms. The molecule has 4 rings (SSSR count). The van der Waals surface area contributed by atoms with Crippen molar-refractivity contribution in [2.75, 3.05) is 26.7 Å². The van der Waals surface area contributed by atoms with Gasteiger partial charge in [0.1, 0.15) is 23.2 Å². The van der Waals surface area contributed by atoms with Gasteiger partial charge in [-0.1, -0.05) is 45.0 Å². The monoisotopic (exact) mass is 576 g/mol. The molecule has 2 unspecified atom stereocenters. The lowest BCUT2D eigenvalue weighted by Gasteiger charge is -2.34. The number of urea groups is 1. The summed E-state index contributed by atoms with van der Waals surface area (Å²) in [5.41, 5.74) is 8.71. The Morgan fingerprint density at radius 1 is 1.14 bits per heavy atom. The van der Waals surface area contributed by atoms with Crippen molar-refractivity contribution in [2.24, 2.45) is 22.1 Å². The number of likely N-dealkylation sites (tertiary alicyclic amines) is 1. The van der Waals surface area contributed by atoms with Gasteiger partial charge < -0.3 is 25.8 Å². The van der Waals surface area contributed by atoms with Crippen molar-refractivity contribution in [3.8, 4) is 5.75 Å². The Balaban J connectivity index is 1.45. The lowest BCUT2D eigenvalue weighted by atomic mass is 9.85. The number of piperidine rings is 1. The van der Waals surface area contributed by atoms with E-state index in [0.29, 0.717) is 43.2 Å². The van der Waals surface area contributed by atoms with Gasteiger partial charge in [0.25, 0.3) is 0 Å². The number of benzene rings is 1. The Labute approximate surface area is 247 Å². The maximum Gasteiger partial charge on any atom is 0.320 e. The number of nitrogens with one attached hydrogen (secondary N) is 4. The number of allylic oxidation sites excluding steroid dienone is 1. The second-order valence-electron chi connectivity index (χ2n) is 12.0. The molecule has 42 heavy (non-hydrogen) atoms. The number of aliphatic hydroxyl groups excluding tert-OH is 1. The third kappa shape index (κ3) is 7.39. The number of rotatable bonds is 5. The Bertz CT molecular complexity index is 1400. The molecule has 7 N–H and O–H groups in total. The summed E-state index contributed by atoms with van der Waals surface area (Å²) in [7, 11) is 1.61. The van der Waals surface area contributed by atoms with E-state index in [1.807, 2.05) is 49.9 Å². The number of fused-ring (bicyclic) bond motifs is 1. The van der Waals surface area contributed by atoms with E-state index >= 15 is 0 Å². The highest BCUT2D eigenvalue weighted by atomic mass is 16.5. The summed E-state index contributed by atoms with van der Waals surface area (Å²) in [4.78, 5) is 19.0. The molecule has 1 aliphatic heterocycles. The first-order valence-corrected chi connectivity index (χ1v) is 14.5. The first-order valence-electron chi connectivity index (χ1n) is 14.5. The molecule has 226 valence electrons. The number of carbonyl (C=O) groups excluding carboxylic acids is 1. The maximum atomic E-state index is 12.9. The van der Waals surface area contributed by atoms with E-state index in [1.165, 1.54) is 4.57 Å². The largest absolute Gasteiger partial charge is 0.484 e. The van der Waals surface area contributed by atoms with Crippen LogP contribution < -0.4 is 26.6 Å². The summed E-state index contributed by atoms with van der Waals surface area (Å²) in [6.45, 7) is 7.50. The number of nitrogens with zero attached hydrogens (tertiary/aromatic N) is 3. The number of carbonyl (C=O) groups is 1. The van der Waals surface area contributed by atoms with Crippen molar-refractivity contribution in [3.05, 3.63) is 71.0 Å². The van der Waals surface area contributed by atoms with Crippen LogP contribution in [0.4, 0.5) is 4.79 Å². The Morgan fingerprint density at radius 2 is 1.83 bits per heavy atom. The number of hydrogen-bond acceptors (Lipinski definition) is 7. The smallest absolute Gasteiger partial charge is 0.320 e. The SMILES string of the molecule is CN=C(C=C(N)C(C)(C)C)NC(=O)NC1CCC(Oc2ccc(=N)n(C(=N)N3CCC(CO)CC3)c2)c2ccccc21. The van der Waals surface area contributed by atoms with Gasteiger partial charge in [-0.3, -0.25) is 25.7 Å². The second kappa shape index (κ2) is 13.2. The van der Waals surface area contributed by atoms with Crippen molar-refractivity contribution >= 4 is 17.8 Å². The average molecular weight is 577 g/mol. The fourth-order valence-corrected chi connectivity index (χ4v) is 5.22. The van der Waals surface area contributed by atoms with Crippen LogP contribution in [0.15, 0.2) is 59.4 Å². The predicted molar refractivity (Wildman–Crippen MR) is 163 cm³/mol. The third-order valence-corrected chi connectivity index (χ3v) is 7.98. The van der Waals surface area contributed by atoms with Gasteiger partial charge in [0.05, 0.1) is 12.2 Å². The summed E-state index contributed by atoms with van der Waals surface area (Å²) >= 11 is 0. The van der Waals surface area contributed by atoms with Crippen molar-refractivity contribution < 1.29 is 14.6 Å². The van der Waals surface area contributed by atoms with Gasteiger partial charge >= 0.3 is 6.03 Å². The fourth-order valence-electron chi connectivity index (χ4n) is 5.22. The Kier molecular flexibility index (Phi) is 9.72. The molecule has 1 aliphatic carbocycles. The van der Waals surface area contributed by atoms with E-state index in [1.54, 1.807) is 31.5 Å². The minimum Gasteiger partial charge on any atom is -0.484 e. The first kappa shape index (κ1) is 30.8. The lowest BCUT2D eigenvalue weighted by Crippen LogP contribution is -2.44. The quantitative estimate of drug-likeness (QED) is 0.236. The van der Waals surface area contributed by atoms with E-state index in [2.05, 4.69) is 15.6 Å². The van der Waals surface area contributed by atoms with E-state index < -0.39 is 0 Å². The number of hydrogen-bond donors (Lipinski definition) is 6. The lowest BCUT2D eigenvalue weighted by molar-refractivity contribution is 0.163.